The molecule has 1 nitrogen and oxygen atoms in total. The molecule has 0 spiro atoms. The van der Waals surface area contributed by atoms with Crippen LogP contribution in [0.2, 0.25) is 0 Å². The maximum atomic E-state index is 5.31. The highest BCUT2D eigenvalue weighted by Gasteiger charge is 2.18. The van der Waals surface area contributed by atoms with Crippen LogP contribution in [0.15, 0.2) is 188 Å². The van der Waals surface area contributed by atoms with Crippen molar-refractivity contribution in [3.05, 3.63) is 222 Å². The molecule has 2 aliphatic rings. The van der Waals surface area contributed by atoms with Gasteiger partial charge in [-0.2, -0.15) is 0 Å². The quantitative estimate of drug-likeness (QED) is 0.117. The molecule has 2 aliphatic carbocycles. The molecule has 8 rings (SSSR count). The summed E-state index contributed by atoms with van der Waals surface area (Å²) in [4.78, 5) is 5.31. The Balaban J connectivity index is 1.07. The Morgan fingerprint density at radius 2 is 1.39 bits per heavy atom. The number of fused-ring (bicyclic) bond motifs is 1. The van der Waals surface area contributed by atoms with Gasteiger partial charge in [0, 0.05) is 11.6 Å². The summed E-state index contributed by atoms with van der Waals surface area (Å²) in [5.74, 6) is 0.0928. The Bertz CT molecular complexity index is 2620. The monoisotopic (exact) mass is 737 g/mol. The van der Waals surface area contributed by atoms with Crippen molar-refractivity contribution in [2.45, 2.75) is 52.9 Å². The van der Waals surface area contributed by atoms with Crippen molar-refractivity contribution in [3.8, 4) is 11.1 Å². The molecule has 0 radical (unpaired) electrons. The minimum atomic E-state index is 0.0928. The Kier molecular flexibility index (Phi) is 11.4. The molecule has 6 aromatic carbocycles. The van der Waals surface area contributed by atoms with Crippen LogP contribution in [0.4, 0.5) is 0 Å². The molecule has 0 fully saturated rings. The summed E-state index contributed by atoms with van der Waals surface area (Å²) in [5.41, 5.74) is 18.4. The first-order valence-corrected chi connectivity index (χ1v) is 20.6. The normalized spacial score (nSPS) is 15.2. The number of rotatable bonds is 11. The highest BCUT2D eigenvalue weighted by atomic mass is 14.8. The van der Waals surface area contributed by atoms with Crippen molar-refractivity contribution < 1.29 is 0 Å². The summed E-state index contributed by atoms with van der Waals surface area (Å²) in [6.45, 7) is 11.2. The number of allylic oxidation sites excluding steroid dienone is 10. The number of hydrogen-bond donors (Lipinski definition) is 0. The smallest absolute Gasteiger partial charge is 0.0671 e. The minimum absolute atomic E-state index is 0.0928. The highest BCUT2D eigenvalue weighted by Crippen LogP contribution is 2.41. The van der Waals surface area contributed by atoms with Crippen LogP contribution in [0.3, 0.4) is 0 Å². The van der Waals surface area contributed by atoms with E-state index in [1.807, 2.05) is 0 Å². The Morgan fingerprint density at radius 1 is 0.684 bits per heavy atom. The van der Waals surface area contributed by atoms with Gasteiger partial charge in [-0.15, -0.1) is 0 Å². The fourth-order valence-corrected chi connectivity index (χ4v) is 8.33. The first-order chi connectivity index (χ1) is 28.0. The molecule has 0 heterocycles. The summed E-state index contributed by atoms with van der Waals surface area (Å²) < 4.78 is 0. The number of aliphatic imine (C=N–C) groups is 1. The summed E-state index contributed by atoms with van der Waals surface area (Å²) in [5, 5.41) is 2.59. The van der Waals surface area contributed by atoms with Crippen LogP contribution in [-0.4, -0.2) is 5.71 Å². The lowest BCUT2D eigenvalue weighted by molar-refractivity contribution is 0.966. The molecule has 0 aliphatic heterocycles. The largest absolute Gasteiger partial charge is 0.253 e. The van der Waals surface area contributed by atoms with E-state index < -0.39 is 0 Å². The van der Waals surface area contributed by atoms with E-state index in [2.05, 4.69) is 203 Å². The molecule has 6 aromatic rings. The lowest BCUT2D eigenvalue weighted by Crippen LogP contribution is -2.01. The van der Waals surface area contributed by atoms with Crippen molar-refractivity contribution in [3.63, 3.8) is 0 Å². The number of hydrogen-bond acceptors (Lipinski definition) is 1. The van der Waals surface area contributed by atoms with E-state index >= 15 is 0 Å². The molecule has 0 bridgehead atoms. The molecule has 1 unspecified atom stereocenters. The van der Waals surface area contributed by atoms with Gasteiger partial charge < -0.3 is 0 Å². The first kappa shape index (κ1) is 37.6. The standard InChI is InChI=1S/C56H51N/c1-5-42-22-15-27-53(56(42)54-28-16-23-47-19-12-13-26-52(47)54)48-35-33-46(34-36-48)51-25-14-24-50(38-51)41(4)57-55(49-20-10-7-11-21-49)37-39(2)40(3)43-29-31-45(32-30-43)44-17-8-6-9-18-44/h7-8,10-33,35,37-39H,3,5-6,9,34,36H2,1-2,4H3/b55-37-,57-41+. The number of benzene rings is 6. The molecular formula is C56H51N. The Morgan fingerprint density at radius 3 is 2.16 bits per heavy atom. The van der Waals surface area contributed by atoms with E-state index in [0.717, 1.165) is 65.8 Å². The SMILES string of the molecule is C=C(c1ccc(C2=CCCC=C2)cc1)C(C)/C=C(\N=C(/C)c1cccc(C2=CC=C(c3cccc(CC)c3-c3cccc4ccccc34)CC2)c1)c1ccccc1. The van der Waals surface area contributed by atoms with E-state index in [1.165, 1.54) is 60.9 Å². The van der Waals surface area contributed by atoms with E-state index in [9.17, 15) is 0 Å². The van der Waals surface area contributed by atoms with Crippen LogP contribution in [0.1, 0.15) is 85.4 Å². The van der Waals surface area contributed by atoms with E-state index in [0.29, 0.717) is 0 Å². The van der Waals surface area contributed by atoms with Crippen molar-refractivity contribution >= 4 is 44.5 Å². The van der Waals surface area contributed by atoms with Crippen molar-refractivity contribution in [2.24, 2.45) is 10.9 Å². The molecule has 1 heteroatoms. The predicted molar refractivity (Wildman–Crippen MR) is 248 cm³/mol. The lowest BCUT2D eigenvalue weighted by atomic mass is 9.83. The molecule has 57 heavy (non-hydrogen) atoms. The zero-order chi connectivity index (χ0) is 39.1. The van der Waals surface area contributed by atoms with Crippen LogP contribution in [0.25, 0.3) is 49.9 Å². The van der Waals surface area contributed by atoms with Gasteiger partial charge >= 0.3 is 0 Å². The molecule has 0 saturated heterocycles. The third kappa shape index (κ3) is 8.30. The van der Waals surface area contributed by atoms with E-state index in [4.69, 9.17) is 4.99 Å². The average Bonchev–Trinajstić information content (AvgIpc) is 3.28. The number of aryl methyl sites for hydroxylation is 1. The van der Waals surface area contributed by atoms with Gasteiger partial charge in [-0.25, -0.2) is 0 Å². The van der Waals surface area contributed by atoms with Gasteiger partial charge in [0.2, 0.25) is 0 Å². The van der Waals surface area contributed by atoms with Crippen LogP contribution in [0.5, 0.6) is 0 Å². The summed E-state index contributed by atoms with van der Waals surface area (Å²) >= 11 is 0. The fraction of sp³-hybridized carbons (Fsp3) is 0.161. The van der Waals surface area contributed by atoms with Gasteiger partial charge in [0.1, 0.15) is 0 Å². The lowest BCUT2D eigenvalue weighted by Gasteiger charge is -2.21. The van der Waals surface area contributed by atoms with Gasteiger partial charge in [0.25, 0.3) is 0 Å². The molecule has 0 aromatic heterocycles. The van der Waals surface area contributed by atoms with E-state index in [1.54, 1.807) is 0 Å². The summed E-state index contributed by atoms with van der Waals surface area (Å²) in [6.07, 6.45) is 19.0. The molecule has 0 saturated carbocycles. The maximum Gasteiger partial charge on any atom is 0.0671 e. The molecule has 280 valence electrons. The van der Waals surface area contributed by atoms with Crippen LogP contribution in [-0.2, 0) is 6.42 Å². The second kappa shape index (κ2) is 17.2. The second-order valence-corrected chi connectivity index (χ2v) is 15.3. The van der Waals surface area contributed by atoms with Gasteiger partial charge in [0.05, 0.1) is 5.70 Å². The van der Waals surface area contributed by atoms with Gasteiger partial charge in [-0.05, 0) is 128 Å². The third-order valence-electron chi connectivity index (χ3n) is 11.6. The molecule has 0 amide bonds. The molecular weight excluding hydrogens is 687 g/mol. The average molecular weight is 738 g/mol. The van der Waals surface area contributed by atoms with Gasteiger partial charge in [-0.1, -0.05) is 190 Å². The molecule has 0 N–H and O–H groups in total. The maximum absolute atomic E-state index is 5.31. The van der Waals surface area contributed by atoms with Crippen molar-refractivity contribution in [1.82, 2.24) is 0 Å². The third-order valence-corrected chi connectivity index (χ3v) is 11.6. The van der Waals surface area contributed by atoms with Crippen LogP contribution < -0.4 is 0 Å². The summed E-state index contributed by atoms with van der Waals surface area (Å²) in [6, 6.07) is 50.6. The zero-order valence-corrected chi connectivity index (χ0v) is 33.5. The van der Waals surface area contributed by atoms with Crippen LogP contribution in [0, 0.1) is 5.92 Å². The number of nitrogens with zero attached hydrogens (tertiary/aromatic N) is 1. The first-order valence-electron chi connectivity index (χ1n) is 20.6. The zero-order valence-electron chi connectivity index (χ0n) is 33.5. The second-order valence-electron chi connectivity index (χ2n) is 15.3. The Labute approximate surface area is 339 Å². The van der Waals surface area contributed by atoms with E-state index in [-0.39, 0.29) is 5.92 Å². The molecule has 1 atom stereocenters. The van der Waals surface area contributed by atoms with Gasteiger partial charge in [-0.3, -0.25) is 4.99 Å². The topological polar surface area (TPSA) is 12.4 Å². The Hall–Kier alpha value is -6.31. The summed E-state index contributed by atoms with van der Waals surface area (Å²) in [7, 11) is 0. The van der Waals surface area contributed by atoms with Crippen molar-refractivity contribution in [1.29, 1.82) is 0 Å². The van der Waals surface area contributed by atoms with Crippen LogP contribution >= 0.6 is 0 Å². The fourth-order valence-electron chi connectivity index (χ4n) is 8.33. The van der Waals surface area contributed by atoms with Crippen molar-refractivity contribution in [2.75, 3.05) is 0 Å². The highest BCUT2D eigenvalue weighted by molar-refractivity contribution is 6.03. The van der Waals surface area contributed by atoms with Gasteiger partial charge in [0.15, 0.2) is 0 Å². The minimum Gasteiger partial charge on any atom is -0.253 e. The predicted octanol–water partition coefficient (Wildman–Crippen LogP) is 15.3.